The van der Waals surface area contributed by atoms with Crippen molar-refractivity contribution in [2.24, 2.45) is 0 Å². The van der Waals surface area contributed by atoms with Crippen LogP contribution in [0.25, 0.3) is 0 Å². The molecule has 1 aromatic carbocycles. The van der Waals surface area contributed by atoms with Gasteiger partial charge in [0.05, 0.1) is 17.8 Å². The lowest BCUT2D eigenvalue weighted by Crippen LogP contribution is -2.44. The minimum atomic E-state index is -0.0608. The zero-order valence-electron chi connectivity index (χ0n) is 22.4. The highest BCUT2D eigenvalue weighted by Crippen LogP contribution is 2.26. The van der Waals surface area contributed by atoms with Crippen LogP contribution in [0.15, 0.2) is 54.5 Å². The Bertz CT molecular complexity index is 823. The summed E-state index contributed by atoms with van der Waals surface area (Å²) in [6.07, 6.45) is 5.84. The van der Waals surface area contributed by atoms with Crippen molar-refractivity contribution in [1.82, 2.24) is 15.5 Å². The van der Waals surface area contributed by atoms with Crippen molar-refractivity contribution < 1.29 is 9.90 Å². The number of carbonyl (C=O) groups is 1. The van der Waals surface area contributed by atoms with Gasteiger partial charge in [-0.05, 0) is 83.7 Å². The summed E-state index contributed by atoms with van der Waals surface area (Å²) in [7, 11) is 0. The number of carbonyl (C=O) groups excluding carboxylic acids is 1. The lowest BCUT2D eigenvalue weighted by molar-refractivity contribution is -0.133. The van der Waals surface area contributed by atoms with Gasteiger partial charge in [-0.15, -0.1) is 6.58 Å². The van der Waals surface area contributed by atoms with Gasteiger partial charge in [-0.1, -0.05) is 55.3 Å². The third-order valence-corrected chi connectivity index (χ3v) is 5.62. The Kier molecular flexibility index (Phi) is 17.3. The molecule has 1 amide bonds. The van der Waals surface area contributed by atoms with E-state index in [1.54, 1.807) is 25.1 Å². The molecule has 7 heteroatoms. The molecule has 1 aromatic rings. The molecule has 0 bridgehead atoms. The largest absolute Gasteiger partial charge is 0.506 e. The van der Waals surface area contributed by atoms with Crippen LogP contribution < -0.4 is 10.6 Å². The maximum absolute atomic E-state index is 12.0. The van der Waals surface area contributed by atoms with Crippen LogP contribution in [0.3, 0.4) is 0 Å². The molecule has 1 aliphatic rings. The van der Waals surface area contributed by atoms with E-state index < -0.39 is 0 Å². The molecule has 198 valence electrons. The molecule has 0 saturated carbocycles. The fourth-order valence-electron chi connectivity index (χ4n) is 3.43. The quantitative estimate of drug-likeness (QED) is 0.176. The van der Waals surface area contributed by atoms with E-state index in [9.17, 15) is 9.90 Å². The molecule has 1 unspecified atom stereocenters. The second-order valence-corrected chi connectivity index (χ2v) is 9.71. The number of nitrogens with zero attached hydrogens (tertiary/aromatic N) is 1. The van der Waals surface area contributed by atoms with Crippen LogP contribution in [0.5, 0.6) is 0 Å². The molecule has 1 fully saturated rings. The SMILES string of the molecule is C=C(C)C.C=C(NC(C)c1ccc(Cl)cc1Cl)/C(O)=C\C.CCCN(CCC)C(=O)[C@H]1CCCN1. The molecule has 0 aromatic heterocycles. The van der Waals surface area contributed by atoms with Crippen molar-refractivity contribution in [2.75, 3.05) is 19.6 Å². The van der Waals surface area contributed by atoms with Gasteiger partial charge in [-0.25, -0.2) is 0 Å². The Balaban J connectivity index is 0.000000581. The number of aliphatic hydroxyl groups excluding tert-OH is 1. The number of aliphatic hydroxyl groups is 1. The molecular formula is C28H45Cl2N3O2. The third kappa shape index (κ3) is 13.6. The van der Waals surface area contributed by atoms with Crippen molar-refractivity contribution >= 4 is 29.1 Å². The molecule has 1 saturated heterocycles. The van der Waals surface area contributed by atoms with Gasteiger partial charge < -0.3 is 20.6 Å². The first-order chi connectivity index (χ1) is 16.5. The van der Waals surface area contributed by atoms with E-state index in [1.807, 2.05) is 31.7 Å². The number of benzene rings is 1. The lowest BCUT2D eigenvalue weighted by Gasteiger charge is -2.24. The van der Waals surface area contributed by atoms with Crippen molar-refractivity contribution in [2.45, 2.75) is 79.3 Å². The highest BCUT2D eigenvalue weighted by Gasteiger charge is 2.25. The van der Waals surface area contributed by atoms with E-state index in [0.29, 0.717) is 21.6 Å². The molecule has 2 atom stereocenters. The van der Waals surface area contributed by atoms with Gasteiger partial charge in [0.2, 0.25) is 5.91 Å². The fourth-order valence-corrected chi connectivity index (χ4v) is 4.00. The van der Waals surface area contributed by atoms with Gasteiger partial charge in [0, 0.05) is 23.1 Å². The van der Waals surface area contributed by atoms with Crippen molar-refractivity contribution in [3.8, 4) is 0 Å². The van der Waals surface area contributed by atoms with Crippen LogP contribution in [0.2, 0.25) is 10.0 Å². The number of halogens is 2. The number of hydrogen-bond donors (Lipinski definition) is 3. The van der Waals surface area contributed by atoms with Crippen LogP contribution in [0.4, 0.5) is 0 Å². The Morgan fingerprint density at radius 2 is 1.83 bits per heavy atom. The molecule has 2 rings (SSSR count). The number of hydrogen-bond acceptors (Lipinski definition) is 4. The summed E-state index contributed by atoms with van der Waals surface area (Å²) < 4.78 is 0. The first-order valence-corrected chi connectivity index (χ1v) is 13.1. The minimum Gasteiger partial charge on any atom is -0.506 e. The first-order valence-electron chi connectivity index (χ1n) is 12.4. The standard InChI is InChI=1S/C13H15Cl2NO.C11H22N2O.C4H8/c1-4-13(17)9(3)16-8(2)11-6-5-10(14)7-12(11)15;1-3-8-13(9-4-2)11(14)10-6-5-7-12-10;1-4(2)3/h4-8,16-17H,3H2,1-2H3;10,12H,3-9H2,1-2H3;1H2,2-3H3/b13-4+;;/t;10-;/m.1./s1. The lowest BCUT2D eigenvalue weighted by atomic mass is 10.1. The molecular weight excluding hydrogens is 481 g/mol. The third-order valence-electron chi connectivity index (χ3n) is 5.06. The van der Waals surface area contributed by atoms with Gasteiger partial charge in [-0.3, -0.25) is 4.79 Å². The number of nitrogens with one attached hydrogen (secondary N) is 2. The summed E-state index contributed by atoms with van der Waals surface area (Å²) in [5, 5.41) is 17.0. The second-order valence-electron chi connectivity index (χ2n) is 8.87. The van der Waals surface area contributed by atoms with Gasteiger partial charge in [-0.2, -0.15) is 0 Å². The number of allylic oxidation sites excluding steroid dienone is 2. The maximum atomic E-state index is 12.0. The van der Waals surface area contributed by atoms with Gasteiger partial charge in [0.1, 0.15) is 5.76 Å². The van der Waals surface area contributed by atoms with E-state index >= 15 is 0 Å². The predicted octanol–water partition coefficient (Wildman–Crippen LogP) is 7.59. The topological polar surface area (TPSA) is 64.6 Å². The van der Waals surface area contributed by atoms with Gasteiger partial charge >= 0.3 is 0 Å². The van der Waals surface area contributed by atoms with E-state index in [2.05, 4.69) is 37.6 Å². The zero-order chi connectivity index (χ0) is 27.0. The van der Waals surface area contributed by atoms with Crippen LogP contribution in [-0.4, -0.2) is 41.6 Å². The summed E-state index contributed by atoms with van der Waals surface area (Å²) in [6.45, 7) is 22.0. The second kappa shape index (κ2) is 18.3. The Morgan fingerprint density at radius 3 is 2.26 bits per heavy atom. The average Bonchev–Trinajstić information content (AvgIpc) is 3.32. The van der Waals surface area contributed by atoms with Crippen LogP contribution >= 0.6 is 23.2 Å². The smallest absolute Gasteiger partial charge is 0.239 e. The van der Waals surface area contributed by atoms with Crippen LogP contribution in [0, 0.1) is 0 Å². The molecule has 1 aliphatic heterocycles. The summed E-state index contributed by atoms with van der Waals surface area (Å²) in [4.78, 5) is 14.0. The van der Waals surface area contributed by atoms with Crippen molar-refractivity contribution in [3.05, 3.63) is 70.1 Å². The Labute approximate surface area is 223 Å². The average molecular weight is 527 g/mol. The molecule has 1 heterocycles. The van der Waals surface area contributed by atoms with E-state index in [0.717, 1.165) is 50.9 Å². The summed E-state index contributed by atoms with van der Waals surface area (Å²) >= 11 is 11.9. The summed E-state index contributed by atoms with van der Waals surface area (Å²) in [5.41, 5.74) is 2.53. The van der Waals surface area contributed by atoms with Gasteiger partial charge in [0.15, 0.2) is 0 Å². The molecule has 0 spiro atoms. The van der Waals surface area contributed by atoms with Gasteiger partial charge in [0.25, 0.3) is 0 Å². The monoisotopic (exact) mass is 525 g/mol. The van der Waals surface area contributed by atoms with Crippen molar-refractivity contribution in [3.63, 3.8) is 0 Å². The highest BCUT2D eigenvalue weighted by atomic mass is 35.5. The molecule has 0 radical (unpaired) electrons. The number of rotatable bonds is 9. The molecule has 35 heavy (non-hydrogen) atoms. The van der Waals surface area contributed by atoms with Crippen molar-refractivity contribution in [1.29, 1.82) is 0 Å². The maximum Gasteiger partial charge on any atom is 0.239 e. The molecule has 0 aliphatic carbocycles. The Morgan fingerprint density at radius 1 is 1.26 bits per heavy atom. The first kappa shape index (κ1) is 33.0. The normalized spacial score (nSPS) is 15.7. The number of amides is 1. The zero-order valence-corrected chi connectivity index (χ0v) is 23.9. The van der Waals surface area contributed by atoms with Crippen LogP contribution in [0.1, 0.15) is 78.8 Å². The summed E-state index contributed by atoms with van der Waals surface area (Å²) in [6, 6.07) is 5.36. The van der Waals surface area contributed by atoms with E-state index in [1.165, 1.54) is 5.57 Å². The fraction of sp³-hybridized carbons (Fsp3) is 0.536. The van der Waals surface area contributed by atoms with E-state index in [4.69, 9.17) is 23.2 Å². The summed E-state index contributed by atoms with van der Waals surface area (Å²) in [5.74, 6) is 0.438. The minimum absolute atomic E-state index is 0.0608. The van der Waals surface area contributed by atoms with Crippen LogP contribution in [-0.2, 0) is 4.79 Å². The Hall–Kier alpha value is -1.95. The van der Waals surface area contributed by atoms with E-state index in [-0.39, 0.29) is 17.8 Å². The highest BCUT2D eigenvalue weighted by molar-refractivity contribution is 6.35. The molecule has 5 nitrogen and oxygen atoms in total. The predicted molar refractivity (Wildman–Crippen MR) is 152 cm³/mol. The molecule has 3 N–H and O–H groups in total.